The highest BCUT2D eigenvalue weighted by atomic mass is 32.2. The fourth-order valence-corrected chi connectivity index (χ4v) is 2.29. The summed E-state index contributed by atoms with van der Waals surface area (Å²) in [5, 5.41) is 8.47. The topological polar surface area (TPSA) is 113 Å². The Bertz CT molecular complexity index is 417. The molecule has 0 aliphatic heterocycles. The monoisotopic (exact) mass is 282 g/mol. The molecular weight excluding hydrogens is 264 g/mol. The number of carbonyl (C=O) groups excluding carboxylic acids is 1. The zero-order chi connectivity index (χ0) is 14.6. The molecule has 106 valence electrons. The highest BCUT2D eigenvalue weighted by Gasteiger charge is 2.35. The van der Waals surface area contributed by atoms with E-state index in [0.29, 0.717) is 0 Å². The second kappa shape index (κ2) is 6.12. The molecule has 0 saturated heterocycles. The Morgan fingerprint density at radius 2 is 1.89 bits per heavy atom. The van der Waals surface area contributed by atoms with Gasteiger partial charge in [-0.2, -0.15) is 17.4 Å². The Hall–Kier alpha value is -1.19. The molecule has 8 nitrogen and oxygen atoms in total. The van der Waals surface area contributed by atoms with Crippen molar-refractivity contribution in [1.82, 2.24) is 9.03 Å². The standard InChI is InChI=1S/C9H18N2O6S/c1-9(2,8(14)17-4)10-18(15,16)11(3)6-5-7(12)13/h10H,5-6H2,1-4H3,(H,12,13). The molecule has 0 rings (SSSR count). The van der Waals surface area contributed by atoms with E-state index < -0.39 is 27.7 Å². The number of nitrogens with one attached hydrogen (secondary N) is 1. The van der Waals surface area contributed by atoms with Gasteiger partial charge in [0.25, 0.3) is 10.2 Å². The molecule has 0 heterocycles. The molecule has 0 aromatic carbocycles. The average molecular weight is 282 g/mol. The average Bonchev–Trinajstić information content (AvgIpc) is 2.22. The van der Waals surface area contributed by atoms with Crippen molar-refractivity contribution in [3.63, 3.8) is 0 Å². The summed E-state index contributed by atoms with van der Waals surface area (Å²) in [6.45, 7) is 2.50. The summed E-state index contributed by atoms with van der Waals surface area (Å²) < 4.78 is 31.0. The van der Waals surface area contributed by atoms with Crippen molar-refractivity contribution in [2.24, 2.45) is 0 Å². The molecule has 0 bridgehead atoms. The minimum atomic E-state index is -3.95. The van der Waals surface area contributed by atoms with E-state index in [1.54, 1.807) is 0 Å². The SMILES string of the molecule is COC(=O)C(C)(C)NS(=O)(=O)N(C)CCC(=O)O. The summed E-state index contributed by atoms with van der Waals surface area (Å²) in [6.07, 6.45) is -0.323. The minimum absolute atomic E-state index is 0.193. The highest BCUT2D eigenvalue weighted by Crippen LogP contribution is 2.09. The van der Waals surface area contributed by atoms with E-state index in [-0.39, 0.29) is 13.0 Å². The molecule has 0 fully saturated rings. The first-order valence-corrected chi connectivity index (χ1v) is 6.52. The molecule has 0 saturated carbocycles. The molecule has 0 amide bonds. The number of ether oxygens (including phenoxy) is 1. The molecule has 0 spiro atoms. The minimum Gasteiger partial charge on any atom is -0.481 e. The molecule has 9 heteroatoms. The number of carboxylic acid groups (broad SMARTS) is 1. The van der Waals surface area contributed by atoms with Crippen LogP contribution in [0.1, 0.15) is 20.3 Å². The van der Waals surface area contributed by atoms with Crippen LogP contribution in [0.15, 0.2) is 0 Å². The molecule has 0 aliphatic rings. The van der Waals surface area contributed by atoms with Gasteiger partial charge in [-0.3, -0.25) is 9.59 Å². The van der Waals surface area contributed by atoms with Gasteiger partial charge < -0.3 is 9.84 Å². The van der Waals surface area contributed by atoms with Gasteiger partial charge in [0.1, 0.15) is 5.54 Å². The van der Waals surface area contributed by atoms with E-state index >= 15 is 0 Å². The fraction of sp³-hybridized carbons (Fsp3) is 0.778. The summed E-state index contributed by atoms with van der Waals surface area (Å²) >= 11 is 0. The number of hydrogen-bond acceptors (Lipinski definition) is 5. The van der Waals surface area contributed by atoms with Gasteiger partial charge in [-0.05, 0) is 13.8 Å². The maximum absolute atomic E-state index is 11.8. The predicted molar refractivity (Wildman–Crippen MR) is 63.0 cm³/mol. The Balaban J connectivity index is 4.75. The van der Waals surface area contributed by atoms with Crippen molar-refractivity contribution in [1.29, 1.82) is 0 Å². The van der Waals surface area contributed by atoms with Crippen molar-refractivity contribution in [2.45, 2.75) is 25.8 Å². The van der Waals surface area contributed by atoms with Crippen LogP contribution >= 0.6 is 0 Å². The molecule has 0 radical (unpaired) electrons. The van der Waals surface area contributed by atoms with Gasteiger partial charge in [0.15, 0.2) is 0 Å². The third-order valence-electron chi connectivity index (χ3n) is 2.13. The summed E-state index contributed by atoms with van der Waals surface area (Å²) in [6, 6.07) is 0. The van der Waals surface area contributed by atoms with Gasteiger partial charge in [0.2, 0.25) is 0 Å². The van der Waals surface area contributed by atoms with E-state index in [0.717, 1.165) is 11.4 Å². The first-order chi connectivity index (χ1) is 8.03. The zero-order valence-electron chi connectivity index (χ0n) is 10.8. The number of esters is 1. The van der Waals surface area contributed by atoms with E-state index in [1.165, 1.54) is 20.9 Å². The molecule has 0 aromatic rings. The Labute approximate surface area is 106 Å². The summed E-state index contributed by atoms with van der Waals surface area (Å²) in [4.78, 5) is 21.7. The highest BCUT2D eigenvalue weighted by molar-refractivity contribution is 7.87. The summed E-state index contributed by atoms with van der Waals surface area (Å²) in [5.74, 6) is -1.85. The number of hydrogen-bond donors (Lipinski definition) is 2. The lowest BCUT2D eigenvalue weighted by atomic mass is 10.1. The van der Waals surface area contributed by atoms with Crippen LogP contribution in [0.5, 0.6) is 0 Å². The first-order valence-electron chi connectivity index (χ1n) is 5.08. The Morgan fingerprint density at radius 1 is 1.39 bits per heavy atom. The van der Waals surface area contributed by atoms with Crippen LogP contribution < -0.4 is 4.72 Å². The number of rotatable bonds is 7. The lowest BCUT2D eigenvalue weighted by Gasteiger charge is -2.26. The molecular formula is C9H18N2O6S. The Morgan fingerprint density at radius 3 is 2.28 bits per heavy atom. The summed E-state index contributed by atoms with van der Waals surface area (Å²) in [7, 11) is -1.58. The quantitative estimate of drug-likeness (QED) is 0.590. The third-order valence-corrected chi connectivity index (χ3v) is 3.90. The van der Waals surface area contributed by atoms with Crippen molar-refractivity contribution in [3.05, 3.63) is 0 Å². The van der Waals surface area contributed by atoms with Crippen LogP contribution in [0, 0.1) is 0 Å². The van der Waals surface area contributed by atoms with Gasteiger partial charge in [-0.1, -0.05) is 0 Å². The number of methoxy groups -OCH3 is 1. The van der Waals surface area contributed by atoms with Crippen molar-refractivity contribution in [3.8, 4) is 0 Å². The normalized spacial score (nSPS) is 12.5. The summed E-state index contributed by atoms with van der Waals surface area (Å²) in [5.41, 5.74) is -1.43. The van der Waals surface area contributed by atoms with Gasteiger partial charge in [-0.25, -0.2) is 0 Å². The van der Waals surface area contributed by atoms with Crippen LogP contribution in [0.3, 0.4) is 0 Å². The van der Waals surface area contributed by atoms with Crippen LogP contribution in [0.25, 0.3) is 0 Å². The maximum Gasteiger partial charge on any atom is 0.326 e. The second-order valence-corrected chi connectivity index (χ2v) is 5.97. The largest absolute Gasteiger partial charge is 0.481 e. The van der Waals surface area contributed by atoms with Gasteiger partial charge in [-0.15, -0.1) is 0 Å². The number of nitrogens with zero attached hydrogens (tertiary/aromatic N) is 1. The van der Waals surface area contributed by atoms with Gasteiger partial charge in [0, 0.05) is 13.6 Å². The molecule has 0 atom stereocenters. The second-order valence-electron chi connectivity index (χ2n) is 4.19. The van der Waals surface area contributed by atoms with Gasteiger partial charge in [0.05, 0.1) is 13.5 Å². The Kier molecular flexibility index (Phi) is 5.71. The van der Waals surface area contributed by atoms with E-state index in [4.69, 9.17) is 5.11 Å². The first kappa shape index (κ1) is 16.8. The molecule has 0 aromatic heterocycles. The van der Waals surface area contributed by atoms with E-state index in [2.05, 4.69) is 9.46 Å². The van der Waals surface area contributed by atoms with Crippen LogP contribution in [-0.4, -0.2) is 56.0 Å². The van der Waals surface area contributed by atoms with Crippen molar-refractivity contribution >= 4 is 22.1 Å². The van der Waals surface area contributed by atoms with Crippen LogP contribution in [0.2, 0.25) is 0 Å². The molecule has 18 heavy (non-hydrogen) atoms. The fourth-order valence-electron chi connectivity index (χ4n) is 1.07. The molecule has 2 N–H and O–H groups in total. The van der Waals surface area contributed by atoms with Crippen molar-refractivity contribution in [2.75, 3.05) is 20.7 Å². The van der Waals surface area contributed by atoms with E-state index in [1.807, 2.05) is 0 Å². The number of carboxylic acids is 1. The third kappa shape index (κ3) is 4.98. The number of carbonyl (C=O) groups is 2. The lowest BCUT2D eigenvalue weighted by Crippen LogP contribution is -2.54. The predicted octanol–water partition coefficient (Wildman–Crippen LogP) is -0.821. The van der Waals surface area contributed by atoms with Gasteiger partial charge >= 0.3 is 11.9 Å². The smallest absolute Gasteiger partial charge is 0.326 e. The molecule has 0 unspecified atom stereocenters. The lowest BCUT2D eigenvalue weighted by molar-refractivity contribution is -0.146. The number of aliphatic carboxylic acids is 1. The van der Waals surface area contributed by atoms with E-state index in [9.17, 15) is 18.0 Å². The molecule has 0 aliphatic carbocycles. The van der Waals surface area contributed by atoms with Crippen LogP contribution in [0.4, 0.5) is 0 Å². The zero-order valence-corrected chi connectivity index (χ0v) is 11.6. The van der Waals surface area contributed by atoms with Crippen LogP contribution in [-0.2, 0) is 24.5 Å². The van der Waals surface area contributed by atoms with Crippen molar-refractivity contribution < 1.29 is 27.9 Å². The maximum atomic E-state index is 11.8.